The highest BCUT2D eigenvalue weighted by Gasteiger charge is 2.15. The second-order valence-corrected chi connectivity index (χ2v) is 5.98. The molecule has 3 rings (SSSR count). The number of para-hydroxylation sites is 1. The Kier molecular flexibility index (Phi) is 6.11. The summed E-state index contributed by atoms with van der Waals surface area (Å²) in [6.45, 7) is 1.76. The summed E-state index contributed by atoms with van der Waals surface area (Å²) in [5.41, 5.74) is 1.98. The fraction of sp³-hybridized carbons (Fsp3) is 0.136. The monoisotopic (exact) mass is 378 g/mol. The molecule has 1 amide bonds. The molecule has 0 aliphatic carbocycles. The Morgan fingerprint density at radius 3 is 2.57 bits per heavy atom. The molecule has 142 valence electrons. The molecule has 0 unspecified atom stereocenters. The van der Waals surface area contributed by atoms with Crippen LogP contribution in [0.15, 0.2) is 66.7 Å². The Morgan fingerprint density at radius 1 is 1.07 bits per heavy atom. The third-order valence-corrected chi connectivity index (χ3v) is 4.10. The standard InChI is InChI=1S/C22H19FN2O3/c1-2-25(19-12-8-17(23)9-13-19)21(26)15-28-22(27)14-11-18-10-7-16-5-3-4-6-20(16)24-18/h3-14H,2,15H2,1H3/b14-11+. The van der Waals surface area contributed by atoms with E-state index in [0.717, 1.165) is 10.9 Å². The van der Waals surface area contributed by atoms with E-state index in [0.29, 0.717) is 17.9 Å². The SMILES string of the molecule is CCN(C(=O)COC(=O)/C=C/c1ccc2ccccc2n1)c1ccc(F)cc1. The molecule has 1 heterocycles. The number of nitrogens with zero attached hydrogens (tertiary/aromatic N) is 2. The van der Waals surface area contributed by atoms with Gasteiger partial charge in [-0.2, -0.15) is 0 Å². The molecule has 0 aliphatic rings. The summed E-state index contributed by atoms with van der Waals surface area (Å²) in [6.07, 6.45) is 2.77. The van der Waals surface area contributed by atoms with Crippen LogP contribution in [0.3, 0.4) is 0 Å². The average Bonchev–Trinajstić information content (AvgIpc) is 2.72. The summed E-state index contributed by atoms with van der Waals surface area (Å²) in [6, 6.07) is 16.9. The molecule has 0 spiro atoms. The van der Waals surface area contributed by atoms with Crippen molar-refractivity contribution in [3.8, 4) is 0 Å². The molecule has 0 atom stereocenters. The van der Waals surface area contributed by atoms with Crippen LogP contribution in [-0.4, -0.2) is 30.0 Å². The number of likely N-dealkylation sites (N-methyl/N-ethyl adjacent to an activating group) is 1. The van der Waals surface area contributed by atoms with E-state index in [2.05, 4.69) is 4.98 Å². The first-order valence-corrected chi connectivity index (χ1v) is 8.83. The second kappa shape index (κ2) is 8.90. The summed E-state index contributed by atoms with van der Waals surface area (Å²) < 4.78 is 18.1. The number of hydrogen-bond acceptors (Lipinski definition) is 4. The molecule has 28 heavy (non-hydrogen) atoms. The van der Waals surface area contributed by atoms with Crippen molar-refractivity contribution in [2.45, 2.75) is 6.92 Å². The predicted molar refractivity (Wildman–Crippen MR) is 106 cm³/mol. The van der Waals surface area contributed by atoms with E-state index < -0.39 is 12.6 Å². The molecule has 6 heteroatoms. The van der Waals surface area contributed by atoms with Gasteiger partial charge in [0.05, 0.1) is 11.2 Å². The van der Waals surface area contributed by atoms with E-state index in [-0.39, 0.29) is 11.7 Å². The fourth-order valence-corrected chi connectivity index (χ4v) is 2.71. The molecular formula is C22H19FN2O3. The normalized spacial score (nSPS) is 10.9. The number of pyridine rings is 1. The molecular weight excluding hydrogens is 359 g/mol. The zero-order valence-corrected chi connectivity index (χ0v) is 15.3. The van der Waals surface area contributed by atoms with Crippen molar-refractivity contribution >= 4 is 34.5 Å². The molecule has 5 nitrogen and oxygen atoms in total. The fourth-order valence-electron chi connectivity index (χ4n) is 2.71. The first kappa shape index (κ1) is 19.2. The molecule has 0 saturated heterocycles. The van der Waals surface area contributed by atoms with Gasteiger partial charge < -0.3 is 9.64 Å². The van der Waals surface area contributed by atoms with Gasteiger partial charge in [0.1, 0.15) is 5.82 Å². The number of esters is 1. The van der Waals surface area contributed by atoms with Crippen LogP contribution in [0, 0.1) is 5.82 Å². The predicted octanol–water partition coefficient (Wildman–Crippen LogP) is 3.98. The third-order valence-electron chi connectivity index (χ3n) is 4.10. The highest BCUT2D eigenvalue weighted by molar-refractivity contribution is 5.96. The molecule has 3 aromatic rings. The van der Waals surface area contributed by atoms with E-state index in [1.807, 2.05) is 30.3 Å². The van der Waals surface area contributed by atoms with Gasteiger partial charge in [0.15, 0.2) is 6.61 Å². The maximum Gasteiger partial charge on any atom is 0.331 e. The first-order chi connectivity index (χ1) is 13.6. The Hall–Kier alpha value is -3.54. The number of anilines is 1. The van der Waals surface area contributed by atoms with Crippen molar-refractivity contribution in [2.24, 2.45) is 0 Å². The van der Waals surface area contributed by atoms with Crippen LogP contribution in [-0.2, 0) is 14.3 Å². The van der Waals surface area contributed by atoms with Gasteiger partial charge in [0, 0.05) is 23.7 Å². The lowest BCUT2D eigenvalue weighted by Gasteiger charge is -2.20. The van der Waals surface area contributed by atoms with Gasteiger partial charge in [-0.05, 0) is 49.4 Å². The molecule has 1 aromatic heterocycles. The van der Waals surface area contributed by atoms with Gasteiger partial charge in [-0.15, -0.1) is 0 Å². The summed E-state index contributed by atoms with van der Waals surface area (Å²) >= 11 is 0. The Balaban J connectivity index is 1.58. The van der Waals surface area contributed by atoms with Crippen LogP contribution < -0.4 is 4.90 Å². The van der Waals surface area contributed by atoms with Crippen molar-refractivity contribution in [1.82, 2.24) is 4.98 Å². The largest absolute Gasteiger partial charge is 0.452 e. The van der Waals surface area contributed by atoms with Gasteiger partial charge in [0.2, 0.25) is 0 Å². The molecule has 0 aliphatic heterocycles. The Labute approximate surface area is 162 Å². The van der Waals surface area contributed by atoms with Crippen molar-refractivity contribution in [1.29, 1.82) is 0 Å². The number of benzene rings is 2. The average molecular weight is 378 g/mol. The number of aromatic nitrogens is 1. The number of halogens is 1. The van der Waals surface area contributed by atoms with Gasteiger partial charge in [-0.25, -0.2) is 14.2 Å². The first-order valence-electron chi connectivity index (χ1n) is 8.83. The van der Waals surface area contributed by atoms with Crippen molar-refractivity contribution in [2.75, 3.05) is 18.1 Å². The third kappa shape index (κ3) is 4.79. The number of amides is 1. The zero-order valence-electron chi connectivity index (χ0n) is 15.3. The van der Waals surface area contributed by atoms with Gasteiger partial charge in [0.25, 0.3) is 5.91 Å². The minimum atomic E-state index is -0.640. The van der Waals surface area contributed by atoms with Crippen molar-refractivity contribution in [3.05, 3.63) is 78.3 Å². The van der Waals surface area contributed by atoms with Crippen LogP contribution in [0.1, 0.15) is 12.6 Å². The molecule has 2 aromatic carbocycles. The second-order valence-electron chi connectivity index (χ2n) is 5.98. The molecule has 0 N–H and O–H groups in total. The number of hydrogen-bond donors (Lipinski definition) is 0. The van der Waals surface area contributed by atoms with Crippen molar-refractivity contribution in [3.63, 3.8) is 0 Å². The zero-order chi connectivity index (χ0) is 19.9. The van der Waals surface area contributed by atoms with E-state index in [4.69, 9.17) is 4.74 Å². The molecule has 0 radical (unpaired) electrons. The lowest BCUT2D eigenvalue weighted by atomic mass is 10.2. The summed E-state index contributed by atoms with van der Waals surface area (Å²) in [4.78, 5) is 30.1. The lowest BCUT2D eigenvalue weighted by molar-refractivity contribution is -0.142. The number of carbonyl (C=O) groups is 2. The summed E-state index contributed by atoms with van der Waals surface area (Å²) in [7, 11) is 0. The highest BCUT2D eigenvalue weighted by Crippen LogP contribution is 2.15. The molecule has 0 fully saturated rings. The number of rotatable bonds is 6. The van der Waals surface area contributed by atoms with Crippen LogP contribution in [0.2, 0.25) is 0 Å². The van der Waals surface area contributed by atoms with Crippen LogP contribution in [0.5, 0.6) is 0 Å². The summed E-state index contributed by atoms with van der Waals surface area (Å²) in [5, 5.41) is 1.01. The van der Waals surface area contributed by atoms with E-state index >= 15 is 0 Å². The topological polar surface area (TPSA) is 59.5 Å². The molecule has 0 saturated carbocycles. The van der Waals surface area contributed by atoms with Crippen LogP contribution >= 0.6 is 0 Å². The van der Waals surface area contributed by atoms with Crippen molar-refractivity contribution < 1.29 is 18.7 Å². The number of fused-ring (bicyclic) bond motifs is 1. The number of carbonyl (C=O) groups excluding carboxylic acids is 2. The van der Waals surface area contributed by atoms with Crippen LogP contribution in [0.4, 0.5) is 10.1 Å². The van der Waals surface area contributed by atoms with E-state index in [1.165, 1.54) is 41.3 Å². The van der Waals surface area contributed by atoms with E-state index in [1.54, 1.807) is 13.0 Å². The van der Waals surface area contributed by atoms with Gasteiger partial charge >= 0.3 is 5.97 Å². The van der Waals surface area contributed by atoms with Crippen LogP contribution in [0.25, 0.3) is 17.0 Å². The molecule has 0 bridgehead atoms. The minimum Gasteiger partial charge on any atom is -0.452 e. The minimum absolute atomic E-state index is 0.374. The van der Waals surface area contributed by atoms with Gasteiger partial charge in [-0.1, -0.05) is 24.3 Å². The Bertz CT molecular complexity index is 1020. The Morgan fingerprint density at radius 2 is 1.82 bits per heavy atom. The van der Waals surface area contributed by atoms with Gasteiger partial charge in [-0.3, -0.25) is 4.79 Å². The highest BCUT2D eigenvalue weighted by atomic mass is 19.1. The number of ether oxygens (including phenoxy) is 1. The van der Waals surface area contributed by atoms with E-state index in [9.17, 15) is 14.0 Å². The smallest absolute Gasteiger partial charge is 0.331 e. The quantitative estimate of drug-likeness (QED) is 0.481. The maximum atomic E-state index is 13.0. The maximum absolute atomic E-state index is 13.0. The summed E-state index contributed by atoms with van der Waals surface area (Å²) in [5.74, 6) is -1.41. The lowest BCUT2D eigenvalue weighted by Crippen LogP contribution is -2.34.